The van der Waals surface area contributed by atoms with Crippen LogP contribution in [-0.4, -0.2) is 23.2 Å². The SMILES string of the molecule is CCOP(=O)(OCC)/C(=C/c1ccccc1)C(=S)SCC. The van der Waals surface area contributed by atoms with Gasteiger partial charge in [0.15, 0.2) is 0 Å². The summed E-state index contributed by atoms with van der Waals surface area (Å²) in [6.45, 7) is 6.21. The first-order chi connectivity index (χ1) is 10.1. The molecular weight excluding hydrogens is 323 g/mol. The third-order valence-electron chi connectivity index (χ3n) is 2.48. The Bertz CT molecular complexity index is 519. The fourth-order valence-corrected chi connectivity index (χ4v) is 4.99. The van der Waals surface area contributed by atoms with Crippen molar-refractivity contribution in [3.8, 4) is 0 Å². The summed E-state index contributed by atoms with van der Waals surface area (Å²) in [7, 11) is -3.38. The highest BCUT2D eigenvalue weighted by atomic mass is 32.2. The van der Waals surface area contributed by atoms with Crippen molar-refractivity contribution in [1.29, 1.82) is 0 Å². The Hall–Kier alpha value is -0.450. The van der Waals surface area contributed by atoms with Crippen LogP contribution in [0.15, 0.2) is 35.6 Å². The first kappa shape index (κ1) is 18.6. The Kier molecular flexibility index (Phi) is 8.45. The molecule has 0 atom stereocenters. The van der Waals surface area contributed by atoms with E-state index in [-0.39, 0.29) is 0 Å². The van der Waals surface area contributed by atoms with Crippen LogP contribution in [0.5, 0.6) is 0 Å². The van der Waals surface area contributed by atoms with Crippen LogP contribution < -0.4 is 0 Å². The number of hydrogen-bond acceptors (Lipinski definition) is 5. The molecule has 0 bridgehead atoms. The van der Waals surface area contributed by atoms with Crippen molar-refractivity contribution in [1.82, 2.24) is 0 Å². The summed E-state index contributed by atoms with van der Waals surface area (Å²) in [6.07, 6.45) is 1.80. The fraction of sp³-hybridized carbons (Fsp3) is 0.400. The maximum absolute atomic E-state index is 13.0. The maximum Gasteiger partial charge on any atom is 0.363 e. The smallest absolute Gasteiger partial charge is 0.305 e. The van der Waals surface area contributed by atoms with E-state index in [1.165, 1.54) is 11.8 Å². The maximum atomic E-state index is 13.0. The molecule has 0 unspecified atom stereocenters. The van der Waals surface area contributed by atoms with E-state index in [1.54, 1.807) is 19.9 Å². The molecule has 0 aliphatic carbocycles. The zero-order chi connectivity index (χ0) is 15.7. The number of hydrogen-bond donors (Lipinski definition) is 0. The van der Waals surface area contributed by atoms with E-state index >= 15 is 0 Å². The van der Waals surface area contributed by atoms with Gasteiger partial charge in [-0.15, -0.1) is 11.8 Å². The van der Waals surface area contributed by atoms with Crippen LogP contribution in [0.3, 0.4) is 0 Å². The molecule has 3 nitrogen and oxygen atoms in total. The summed E-state index contributed by atoms with van der Waals surface area (Å²) in [4.78, 5) is 0. The fourth-order valence-electron chi connectivity index (χ4n) is 1.68. The highest BCUT2D eigenvalue weighted by Gasteiger charge is 2.32. The van der Waals surface area contributed by atoms with Crippen molar-refractivity contribution in [2.75, 3.05) is 19.0 Å². The number of rotatable bonds is 8. The molecule has 1 aromatic carbocycles. The molecule has 0 heterocycles. The van der Waals surface area contributed by atoms with Crippen LogP contribution in [0.1, 0.15) is 26.3 Å². The molecule has 116 valence electrons. The van der Waals surface area contributed by atoms with E-state index in [0.717, 1.165) is 11.3 Å². The molecule has 1 rings (SSSR count). The Labute approximate surface area is 136 Å². The minimum absolute atomic E-state index is 0.308. The first-order valence-corrected chi connectivity index (χ1v) is 9.84. The summed E-state index contributed by atoms with van der Waals surface area (Å²) in [5.41, 5.74) is 0.922. The molecule has 1 aromatic rings. The van der Waals surface area contributed by atoms with Crippen molar-refractivity contribution >= 4 is 41.8 Å². The molecule has 0 aliphatic heterocycles. The lowest BCUT2D eigenvalue weighted by Gasteiger charge is -2.20. The van der Waals surface area contributed by atoms with Crippen molar-refractivity contribution in [3.63, 3.8) is 0 Å². The zero-order valence-electron chi connectivity index (χ0n) is 12.6. The summed E-state index contributed by atoms with van der Waals surface area (Å²) < 4.78 is 24.5. The predicted octanol–water partition coefficient (Wildman–Crippen LogP) is 5.37. The van der Waals surface area contributed by atoms with Gasteiger partial charge in [-0.25, -0.2) is 0 Å². The third-order valence-corrected chi connectivity index (χ3v) is 6.27. The molecular formula is C15H21O3PS2. The predicted molar refractivity (Wildman–Crippen MR) is 96.0 cm³/mol. The Balaban J connectivity index is 3.26. The molecule has 0 radical (unpaired) electrons. The van der Waals surface area contributed by atoms with E-state index in [9.17, 15) is 4.57 Å². The largest absolute Gasteiger partial charge is 0.363 e. The van der Waals surface area contributed by atoms with Gasteiger partial charge in [-0.05, 0) is 31.2 Å². The minimum Gasteiger partial charge on any atom is -0.305 e. The van der Waals surface area contributed by atoms with Crippen molar-refractivity contribution < 1.29 is 13.6 Å². The molecule has 0 spiro atoms. The van der Waals surface area contributed by atoms with Gasteiger partial charge in [0, 0.05) is 0 Å². The molecule has 0 saturated carbocycles. The van der Waals surface area contributed by atoms with E-state index < -0.39 is 7.60 Å². The number of thiocarbonyl (C=S) groups is 1. The lowest BCUT2D eigenvalue weighted by atomic mass is 10.2. The van der Waals surface area contributed by atoms with Gasteiger partial charge in [-0.1, -0.05) is 49.5 Å². The van der Waals surface area contributed by atoms with Gasteiger partial charge in [0.25, 0.3) is 0 Å². The molecule has 0 N–H and O–H groups in total. The normalized spacial score (nSPS) is 12.4. The molecule has 6 heteroatoms. The van der Waals surface area contributed by atoms with E-state index in [4.69, 9.17) is 21.3 Å². The average Bonchev–Trinajstić information content (AvgIpc) is 2.46. The molecule has 21 heavy (non-hydrogen) atoms. The minimum atomic E-state index is -3.38. The van der Waals surface area contributed by atoms with Crippen LogP contribution in [0, 0.1) is 0 Å². The average molecular weight is 344 g/mol. The standard InChI is InChI=1S/C15H21O3PS2/c1-4-17-19(16,18-5-2)14(15(20)21-6-3)12-13-10-8-7-9-11-13/h7-12H,4-6H2,1-3H3/b14-12+. The van der Waals surface area contributed by atoms with Crippen molar-refractivity contribution in [2.24, 2.45) is 0 Å². The van der Waals surface area contributed by atoms with Gasteiger partial charge < -0.3 is 9.05 Å². The summed E-state index contributed by atoms with van der Waals surface area (Å²) >= 11 is 6.88. The lowest BCUT2D eigenvalue weighted by molar-refractivity contribution is 0.228. The molecule has 0 fully saturated rings. The topological polar surface area (TPSA) is 35.5 Å². The summed E-state index contributed by atoms with van der Waals surface area (Å²) in [5, 5.41) is 0.472. The summed E-state index contributed by atoms with van der Waals surface area (Å²) in [5.74, 6) is 0.809. The van der Waals surface area contributed by atoms with Crippen LogP contribution >= 0.6 is 31.6 Å². The van der Waals surface area contributed by atoms with Crippen LogP contribution in [-0.2, 0) is 13.6 Å². The van der Waals surface area contributed by atoms with E-state index in [2.05, 4.69) is 0 Å². The molecule has 0 saturated heterocycles. The molecule has 0 amide bonds. The zero-order valence-corrected chi connectivity index (χ0v) is 15.1. The van der Waals surface area contributed by atoms with Gasteiger partial charge in [0.05, 0.1) is 22.7 Å². The first-order valence-electron chi connectivity index (χ1n) is 6.90. The molecule has 0 aliphatic rings. The Morgan fingerprint density at radius 1 is 1.19 bits per heavy atom. The second kappa shape index (κ2) is 9.54. The van der Waals surface area contributed by atoms with Gasteiger partial charge in [-0.2, -0.15) is 0 Å². The second-order valence-corrected chi connectivity index (χ2v) is 7.93. The second-order valence-electron chi connectivity index (χ2n) is 3.99. The van der Waals surface area contributed by atoms with Gasteiger partial charge in [0.1, 0.15) is 0 Å². The van der Waals surface area contributed by atoms with Gasteiger partial charge >= 0.3 is 7.60 Å². The number of thioether (sulfide) groups is 1. The lowest BCUT2D eigenvalue weighted by Crippen LogP contribution is -2.04. The van der Waals surface area contributed by atoms with Crippen molar-refractivity contribution in [3.05, 3.63) is 41.2 Å². The quantitative estimate of drug-likeness (QED) is 0.360. The Morgan fingerprint density at radius 2 is 1.76 bits per heavy atom. The van der Waals surface area contributed by atoms with Gasteiger partial charge in [0.2, 0.25) is 0 Å². The summed E-state index contributed by atoms with van der Waals surface area (Å²) in [6, 6.07) is 9.64. The third kappa shape index (κ3) is 5.68. The van der Waals surface area contributed by atoms with E-state index in [0.29, 0.717) is 22.7 Å². The monoisotopic (exact) mass is 344 g/mol. The van der Waals surface area contributed by atoms with Crippen LogP contribution in [0.25, 0.3) is 6.08 Å². The molecule has 0 aromatic heterocycles. The van der Waals surface area contributed by atoms with Gasteiger partial charge in [-0.3, -0.25) is 4.57 Å². The van der Waals surface area contributed by atoms with Crippen LogP contribution in [0.2, 0.25) is 0 Å². The number of benzene rings is 1. The van der Waals surface area contributed by atoms with E-state index in [1.807, 2.05) is 37.3 Å². The highest BCUT2D eigenvalue weighted by Crippen LogP contribution is 2.58. The highest BCUT2D eigenvalue weighted by molar-refractivity contribution is 8.24. The van der Waals surface area contributed by atoms with Crippen molar-refractivity contribution in [2.45, 2.75) is 20.8 Å². The van der Waals surface area contributed by atoms with Crippen LogP contribution in [0.4, 0.5) is 0 Å². The Morgan fingerprint density at radius 3 is 2.24 bits per heavy atom.